The van der Waals surface area contributed by atoms with Gasteiger partial charge in [0, 0.05) is 6.42 Å². The molecule has 1 aliphatic rings. The van der Waals surface area contributed by atoms with E-state index in [-0.39, 0.29) is 12.5 Å². The second-order valence-corrected chi connectivity index (χ2v) is 14.0. The van der Waals surface area contributed by atoms with Gasteiger partial charge >= 0.3 is 0 Å². The lowest BCUT2D eigenvalue weighted by Gasteiger charge is -2.40. The van der Waals surface area contributed by atoms with Crippen molar-refractivity contribution in [2.45, 2.75) is 185 Å². The fourth-order valence-electron chi connectivity index (χ4n) is 5.94. The van der Waals surface area contributed by atoms with Gasteiger partial charge in [-0.25, -0.2) is 0 Å². The highest BCUT2D eigenvalue weighted by Gasteiger charge is 2.44. The summed E-state index contributed by atoms with van der Waals surface area (Å²) in [7, 11) is 0. The van der Waals surface area contributed by atoms with Crippen LogP contribution in [0.5, 0.6) is 0 Å². The first-order valence-corrected chi connectivity index (χ1v) is 20.7. The molecule has 53 heavy (non-hydrogen) atoms. The Labute approximate surface area is 321 Å². The Morgan fingerprint density at radius 2 is 1.17 bits per heavy atom. The number of nitrogens with one attached hydrogen (secondary N) is 1. The van der Waals surface area contributed by atoms with Gasteiger partial charge in [0.05, 0.1) is 25.4 Å². The monoisotopic (exact) mass is 746 g/mol. The molecule has 6 N–H and O–H groups in total. The van der Waals surface area contributed by atoms with Crippen LogP contribution < -0.4 is 5.32 Å². The first-order chi connectivity index (χ1) is 25.8. The molecule has 0 bridgehead atoms. The molecule has 0 aromatic heterocycles. The Hall–Kier alpha value is -2.37. The number of ether oxygens (including phenoxy) is 2. The summed E-state index contributed by atoms with van der Waals surface area (Å²) < 4.78 is 11.1. The van der Waals surface area contributed by atoms with Gasteiger partial charge in [-0.2, -0.15) is 0 Å². The molecule has 0 aromatic carbocycles. The molecule has 0 aromatic rings. The summed E-state index contributed by atoms with van der Waals surface area (Å²) in [6.07, 6.45) is 38.5. The number of hydrogen-bond donors (Lipinski definition) is 6. The lowest BCUT2D eigenvalue weighted by Crippen LogP contribution is -2.60. The van der Waals surface area contributed by atoms with Crippen LogP contribution in [0.2, 0.25) is 0 Å². The Bertz CT molecular complexity index is 1050. The van der Waals surface area contributed by atoms with Crippen molar-refractivity contribution < 1.29 is 39.8 Å². The van der Waals surface area contributed by atoms with E-state index in [2.05, 4.69) is 79.9 Å². The number of carbonyl (C=O) groups excluding carboxylic acids is 1. The van der Waals surface area contributed by atoms with Crippen LogP contribution in [0.3, 0.4) is 0 Å². The van der Waals surface area contributed by atoms with Crippen molar-refractivity contribution in [1.82, 2.24) is 5.32 Å². The number of rotatable bonds is 32. The molecule has 1 rings (SSSR count). The molecular weight excluding hydrogens is 670 g/mol. The summed E-state index contributed by atoms with van der Waals surface area (Å²) in [4.78, 5) is 12.8. The van der Waals surface area contributed by atoms with E-state index in [0.29, 0.717) is 6.42 Å². The summed E-state index contributed by atoms with van der Waals surface area (Å²) in [5.74, 6) is -0.196. The van der Waals surface area contributed by atoms with Crippen LogP contribution >= 0.6 is 0 Å². The summed E-state index contributed by atoms with van der Waals surface area (Å²) in [6.45, 7) is 3.51. The van der Waals surface area contributed by atoms with Crippen LogP contribution in [0.1, 0.15) is 142 Å². The Morgan fingerprint density at radius 3 is 1.74 bits per heavy atom. The molecule has 1 aliphatic heterocycles. The Balaban J connectivity index is 2.20. The topological polar surface area (TPSA) is 149 Å². The van der Waals surface area contributed by atoms with Crippen LogP contribution in [0.4, 0.5) is 0 Å². The summed E-state index contributed by atoms with van der Waals surface area (Å²) in [5.41, 5.74) is 0. The second kappa shape index (κ2) is 34.1. The minimum Gasteiger partial charge on any atom is -0.394 e. The van der Waals surface area contributed by atoms with Crippen molar-refractivity contribution in [1.29, 1.82) is 0 Å². The highest BCUT2D eigenvalue weighted by Crippen LogP contribution is 2.22. The molecule has 1 amide bonds. The van der Waals surface area contributed by atoms with Crippen LogP contribution in [0.15, 0.2) is 72.9 Å². The van der Waals surface area contributed by atoms with Crippen LogP contribution in [0, 0.1) is 0 Å². The minimum absolute atomic E-state index is 0.196. The van der Waals surface area contributed by atoms with Crippen molar-refractivity contribution in [3.8, 4) is 0 Å². The third-order valence-corrected chi connectivity index (χ3v) is 9.29. The number of aliphatic hydroxyl groups excluding tert-OH is 5. The maximum absolute atomic E-state index is 12.8. The smallest absolute Gasteiger partial charge is 0.220 e. The van der Waals surface area contributed by atoms with Crippen molar-refractivity contribution in [3.63, 3.8) is 0 Å². The van der Waals surface area contributed by atoms with Gasteiger partial charge in [0.25, 0.3) is 0 Å². The molecule has 1 saturated heterocycles. The zero-order chi connectivity index (χ0) is 38.8. The van der Waals surface area contributed by atoms with Gasteiger partial charge in [0.2, 0.25) is 5.91 Å². The lowest BCUT2D eigenvalue weighted by molar-refractivity contribution is -0.302. The first kappa shape index (κ1) is 48.6. The van der Waals surface area contributed by atoms with E-state index in [9.17, 15) is 30.3 Å². The van der Waals surface area contributed by atoms with E-state index < -0.39 is 49.5 Å². The SMILES string of the molecule is CC/C=C\C/C=C\C/C=C\C/C=C\C/C=C\CCCCCCCCCCCC(=O)NC(COC1OC(CO)C(O)C(O)C1O)C(O)/C=C/CCCCC. The van der Waals surface area contributed by atoms with Gasteiger partial charge in [-0.3, -0.25) is 4.79 Å². The van der Waals surface area contributed by atoms with E-state index in [0.717, 1.165) is 89.9 Å². The fourth-order valence-corrected chi connectivity index (χ4v) is 5.94. The van der Waals surface area contributed by atoms with Crippen molar-refractivity contribution >= 4 is 5.91 Å². The quantitative estimate of drug-likeness (QED) is 0.0302. The lowest BCUT2D eigenvalue weighted by atomic mass is 9.99. The number of allylic oxidation sites excluding steroid dienone is 11. The van der Waals surface area contributed by atoms with Crippen LogP contribution in [-0.2, 0) is 14.3 Å². The molecular formula is C44H75NO8. The van der Waals surface area contributed by atoms with E-state index in [1.165, 1.54) is 32.1 Å². The van der Waals surface area contributed by atoms with Gasteiger partial charge in [-0.1, -0.05) is 145 Å². The zero-order valence-electron chi connectivity index (χ0n) is 33.0. The summed E-state index contributed by atoms with van der Waals surface area (Å²) in [6, 6.07) is -0.807. The molecule has 7 unspecified atom stereocenters. The fraction of sp³-hybridized carbons (Fsp3) is 0.705. The average Bonchev–Trinajstić information content (AvgIpc) is 3.16. The van der Waals surface area contributed by atoms with Gasteiger partial charge in [-0.05, 0) is 64.2 Å². The number of amides is 1. The average molecular weight is 746 g/mol. The molecule has 304 valence electrons. The predicted molar refractivity (Wildman–Crippen MR) is 216 cm³/mol. The van der Waals surface area contributed by atoms with E-state index in [1.54, 1.807) is 6.08 Å². The minimum atomic E-state index is -1.57. The third-order valence-electron chi connectivity index (χ3n) is 9.29. The Morgan fingerprint density at radius 1 is 0.660 bits per heavy atom. The maximum atomic E-state index is 12.8. The molecule has 9 heteroatoms. The molecule has 7 atom stereocenters. The molecule has 0 radical (unpaired) electrons. The van der Waals surface area contributed by atoms with Gasteiger partial charge in [0.1, 0.15) is 24.4 Å². The predicted octanol–water partition coefficient (Wildman–Crippen LogP) is 7.83. The standard InChI is InChI=1S/C44H75NO8/c1-3-5-7-9-10-11-12-13-14-15-16-17-18-19-20-21-22-23-24-25-26-27-28-30-32-34-40(48)45-37(38(47)33-31-29-8-6-4-2)36-52-44-43(51)42(50)41(49)39(35-46)53-44/h5,7,10-11,13-14,16-17,19-20,31,33,37-39,41-44,46-47,49-51H,3-4,6,8-9,12,15,18,21-30,32,34-36H2,1-2H3,(H,45,48)/b7-5-,11-10-,14-13-,17-16-,20-19-,33-31+. The number of carbonyl (C=O) groups is 1. The largest absolute Gasteiger partial charge is 0.394 e. The normalized spacial score (nSPS) is 22.4. The van der Waals surface area contributed by atoms with Gasteiger partial charge in [-0.15, -0.1) is 0 Å². The Kier molecular flexibility index (Phi) is 31.3. The third kappa shape index (κ3) is 25.4. The molecule has 0 aliphatic carbocycles. The van der Waals surface area contributed by atoms with E-state index >= 15 is 0 Å². The van der Waals surface area contributed by atoms with Crippen molar-refractivity contribution in [3.05, 3.63) is 72.9 Å². The number of hydrogen-bond acceptors (Lipinski definition) is 8. The second-order valence-electron chi connectivity index (χ2n) is 14.0. The van der Waals surface area contributed by atoms with E-state index in [4.69, 9.17) is 9.47 Å². The first-order valence-electron chi connectivity index (χ1n) is 20.7. The molecule has 9 nitrogen and oxygen atoms in total. The molecule has 1 heterocycles. The molecule has 0 saturated carbocycles. The van der Waals surface area contributed by atoms with Crippen molar-refractivity contribution in [2.24, 2.45) is 0 Å². The highest BCUT2D eigenvalue weighted by molar-refractivity contribution is 5.76. The van der Waals surface area contributed by atoms with Gasteiger partial charge < -0.3 is 40.3 Å². The summed E-state index contributed by atoms with van der Waals surface area (Å²) >= 11 is 0. The maximum Gasteiger partial charge on any atom is 0.220 e. The summed E-state index contributed by atoms with van der Waals surface area (Å²) in [5, 5.41) is 53.6. The molecule has 1 fully saturated rings. The zero-order valence-corrected chi connectivity index (χ0v) is 33.0. The van der Waals surface area contributed by atoms with E-state index in [1.807, 2.05) is 6.08 Å². The number of unbranched alkanes of at least 4 members (excludes halogenated alkanes) is 12. The van der Waals surface area contributed by atoms with Gasteiger partial charge in [0.15, 0.2) is 6.29 Å². The highest BCUT2D eigenvalue weighted by atomic mass is 16.7. The molecule has 0 spiro atoms. The van der Waals surface area contributed by atoms with Crippen LogP contribution in [0.25, 0.3) is 0 Å². The van der Waals surface area contributed by atoms with Crippen LogP contribution in [-0.4, -0.2) is 87.5 Å². The number of aliphatic hydroxyl groups is 5. The van der Waals surface area contributed by atoms with Crippen molar-refractivity contribution in [2.75, 3.05) is 13.2 Å².